The number of carbonyl (C=O) groups is 3. The number of nitrogens with zero attached hydrogens (tertiary/aromatic N) is 1. The lowest BCUT2D eigenvalue weighted by atomic mass is 9.83. The van der Waals surface area contributed by atoms with Crippen molar-refractivity contribution >= 4 is 23.5 Å². The molecule has 0 radical (unpaired) electrons. The summed E-state index contributed by atoms with van der Waals surface area (Å²) in [5, 5.41) is 0. The van der Waals surface area contributed by atoms with Crippen molar-refractivity contribution in [2.75, 3.05) is 19.1 Å². The molecule has 1 heterocycles. The number of carbonyl (C=O) groups excluding carboxylic acids is 3. The van der Waals surface area contributed by atoms with Gasteiger partial charge >= 0.3 is 5.97 Å². The lowest BCUT2D eigenvalue weighted by Gasteiger charge is -2.40. The van der Waals surface area contributed by atoms with Gasteiger partial charge in [-0.2, -0.15) is 0 Å². The second-order valence-electron chi connectivity index (χ2n) is 8.11. The van der Waals surface area contributed by atoms with Crippen LogP contribution in [0.3, 0.4) is 0 Å². The van der Waals surface area contributed by atoms with Gasteiger partial charge in [-0.05, 0) is 55.0 Å². The van der Waals surface area contributed by atoms with Crippen LogP contribution in [0.4, 0.5) is 5.69 Å². The Morgan fingerprint density at radius 1 is 0.914 bits per heavy atom. The van der Waals surface area contributed by atoms with E-state index in [1.54, 1.807) is 67.7 Å². The average molecular weight is 475 g/mol. The first-order chi connectivity index (χ1) is 16.9. The molecule has 2 N–H and O–H groups in total. The van der Waals surface area contributed by atoms with E-state index < -0.39 is 23.8 Å². The number of para-hydroxylation sites is 1. The zero-order valence-electron chi connectivity index (χ0n) is 19.5. The third-order valence-corrected chi connectivity index (χ3v) is 6.05. The summed E-state index contributed by atoms with van der Waals surface area (Å²) < 4.78 is 16.5. The molecular weight excluding hydrogens is 448 g/mol. The molecule has 3 aromatic rings. The molecule has 1 fully saturated rings. The number of hydrogen-bond donors (Lipinski definition) is 1. The highest BCUT2D eigenvalue weighted by Crippen LogP contribution is 2.43. The molecular formula is C27H26N2O6. The van der Waals surface area contributed by atoms with Gasteiger partial charge in [0.15, 0.2) is 0 Å². The fourth-order valence-corrected chi connectivity index (χ4v) is 4.36. The van der Waals surface area contributed by atoms with Crippen LogP contribution in [0, 0.1) is 5.92 Å². The molecule has 35 heavy (non-hydrogen) atoms. The number of rotatable bonds is 7. The zero-order valence-corrected chi connectivity index (χ0v) is 19.5. The van der Waals surface area contributed by atoms with Crippen molar-refractivity contribution in [1.82, 2.24) is 0 Å². The summed E-state index contributed by atoms with van der Waals surface area (Å²) in [5.41, 5.74) is 6.90. The fraction of sp³-hybridized carbons (Fsp3) is 0.222. The third-order valence-electron chi connectivity index (χ3n) is 6.05. The third kappa shape index (κ3) is 4.96. The number of methoxy groups -OCH3 is 2. The van der Waals surface area contributed by atoms with Gasteiger partial charge in [0.1, 0.15) is 17.2 Å². The number of amides is 2. The molecule has 1 saturated heterocycles. The number of primary amides is 1. The van der Waals surface area contributed by atoms with E-state index in [0.717, 1.165) is 0 Å². The van der Waals surface area contributed by atoms with Crippen LogP contribution in [0.25, 0.3) is 0 Å². The number of ether oxygens (including phenoxy) is 3. The topological polar surface area (TPSA) is 108 Å². The molecule has 180 valence electrons. The summed E-state index contributed by atoms with van der Waals surface area (Å²) >= 11 is 0. The summed E-state index contributed by atoms with van der Waals surface area (Å²) in [6.45, 7) is 0. The Hall–Kier alpha value is -4.33. The Labute approximate surface area is 203 Å². The molecule has 1 aliphatic rings. The van der Waals surface area contributed by atoms with E-state index in [9.17, 15) is 14.4 Å². The van der Waals surface area contributed by atoms with Gasteiger partial charge in [-0.25, -0.2) is 0 Å². The number of piperidine rings is 1. The van der Waals surface area contributed by atoms with Gasteiger partial charge in [-0.1, -0.05) is 24.3 Å². The van der Waals surface area contributed by atoms with Gasteiger partial charge in [0.25, 0.3) is 0 Å². The first-order valence-corrected chi connectivity index (χ1v) is 11.1. The molecule has 0 bridgehead atoms. The maximum absolute atomic E-state index is 13.5. The molecule has 2 amide bonds. The summed E-state index contributed by atoms with van der Waals surface area (Å²) in [4.78, 5) is 39.9. The molecule has 4 rings (SSSR count). The average Bonchev–Trinajstić information content (AvgIpc) is 2.88. The molecule has 8 nitrogen and oxygen atoms in total. The van der Waals surface area contributed by atoms with Crippen molar-refractivity contribution in [3.8, 4) is 17.2 Å². The molecule has 0 aliphatic carbocycles. The largest absolute Gasteiger partial charge is 0.497 e. The van der Waals surface area contributed by atoms with Gasteiger partial charge in [0.2, 0.25) is 11.8 Å². The van der Waals surface area contributed by atoms with Crippen LogP contribution in [0.2, 0.25) is 0 Å². The summed E-state index contributed by atoms with van der Waals surface area (Å²) in [5.74, 6) is -0.541. The van der Waals surface area contributed by atoms with Gasteiger partial charge in [0.05, 0.1) is 26.2 Å². The lowest BCUT2D eigenvalue weighted by Crippen LogP contribution is -2.46. The smallest absolute Gasteiger partial charge is 0.316 e. The second-order valence-corrected chi connectivity index (χ2v) is 8.11. The van der Waals surface area contributed by atoms with Crippen LogP contribution in [0.5, 0.6) is 17.2 Å². The Bertz CT molecular complexity index is 1240. The molecule has 0 aromatic heterocycles. The Morgan fingerprint density at radius 2 is 1.66 bits per heavy atom. The Kier molecular flexibility index (Phi) is 7.01. The number of anilines is 1. The van der Waals surface area contributed by atoms with Crippen LogP contribution >= 0.6 is 0 Å². The molecule has 0 spiro atoms. The van der Waals surface area contributed by atoms with E-state index in [0.29, 0.717) is 29.2 Å². The van der Waals surface area contributed by atoms with Crippen molar-refractivity contribution in [3.05, 3.63) is 83.9 Å². The minimum absolute atomic E-state index is 0.120. The highest BCUT2D eigenvalue weighted by molar-refractivity contribution is 5.97. The minimum Gasteiger partial charge on any atom is -0.497 e. The van der Waals surface area contributed by atoms with Crippen LogP contribution < -0.4 is 24.8 Å². The minimum atomic E-state index is -0.691. The number of esters is 1. The summed E-state index contributed by atoms with van der Waals surface area (Å²) in [6, 6.07) is 19.8. The SMILES string of the molecule is COc1ccc(N2C(=O)CCC(C(=O)Oc3cccc(C(N)=O)c3)C2c2ccccc2OC)cc1. The zero-order chi connectivity index (χ0) is 24.9. The highest BCUT2D eigenvalue weighted by atomic mass is 16.5. The number of benzene rings is 3. The van der Waals surface area contributed by atoms with Crippen LogP contribution in [0.1, 0.15) is 34.8 Å². The molecule has 3 aromatic carbocycles. The van der Waals surface area contributed by atoms with Crippen molar-refractivity contribution in [2.45, 2.75) is 18.9 Å². The van der Waals surface area contributed by atoms with Gasteiger partial charge in [-0.3, -0.25) is 14.4 Å². The van der Waals surface area contributed by atoms with Crippen molar-refractivity contribution in [2.24, 2.45) is 11.7 Å². The molecule has 0 saturated carbocycles. The highest BCUT2D eigenvalue weighted by Gasteiger charge is 2.43. The van der Waals surface area contributed by atoms with E-state index in [4.69, 9.17) is 19.9 Å². The standard InChI is InChI=1S/C27H26N2O6/c1-33-19-12-10-18(11-13-19)29-24(30)15-14-22(25(29)21-8-3-4-9-23(21)34-2)27(32)35-20-7-5-6-17(16-20)26(28)31/h3-13,16,22,25H,14-15H2,1-2H3,(H2,28,31). The van der Waals surface area contributed by atoms with Crippen molar-refractivity contribution in [3.63, 3.8) is 0 Å². The van der Waals surface area contributed by atoms with Crippen LogP contribution in [-0.4, -0.2) is 32.0 Å². The van der Waals surface area contributed by atoms with E-state index in [2.05, 4.69) is 0 Å². The van der Waals surface area contributed by atoms with Gasteiger partial charge in [0, 0.05) is 23.2 Å². The summed E-state index contributed by atoms with van der Waals surface area (Å²) in [6.07, 6.45) is 0.460. The van der Waals surface area contributed by atoms with Crippen molar-refractivity contribution in [1.29, 1.82) is 0 Å². The fourth-order valence-electron chi connectivity index (χ4n) is 4.36. The Morgan fingerprint density at radius 3 is 2.34 bits per heavy atom. The van der Waals surface area contributed by atoms with E-state index >= 15 is 0 Å². The Balaban J connectivity index is 1.76. The second kappa shape index (κ2) is 10.3. The molecule has 1 aliphatic heterocycles. The predicted octanol–water partition coefficient (Wildman–Crippen LogP) is 3.89. The number of hydrogen-bond acceptors (Lipinski definition) is 6. The molecule has 2 unspecified atom stereocenters. The van der Waals surface area contributed by atoms with Gasteiger partial charge < -0.3 is 24.8 Å². The maximum atomic E-state index is 13.5. The lowest BCUT2D eigenvalue weighted by molar-refractivity contribution is -0.141. The molecule has 2 atom stereocenters. The normalized spacial score (nSPS) is 17.5. The molecule has 8 heteroatoms. The summed E-state index contributed by atoms with van der Waals surface area (Å²) in [7, 11) is 3.11. The first-order valence-electron chi connectivity index (χ1n) is 11.1. The number of nitrogens with two attached hydrogens (primary N) is 1. The van der Waals surface area contributed by atoms with Crippen molar-refractivity contribution < 1.29 is 28.6 Å². The van der Waals surface area contributed by atoms with Gasteiger partial charge in [-0.15, -0.1) is 0 Å². The predicted molar refractivity (Wildman–Crippen MR) is 130 cm³/mol. The van der Waals surface area contributed by atoms with E-state index in [1.165, 1.54) is 6.07 Å². The maximum Gasteiger partial charge on any atom is 0.316 e. The van der Waals surface area contributed by atoms with Crippen LogP contribution in [0.15, 0.2) is 72.8 Å². The monoisotopic (exact) mass is 474 g/mol. The van der Waals surface area contributed by atoms with E-state index in [1.807, 2.05) is 18.2 Å². The van der Waals surface area contributed by atoms with Crippen LogP contribution in [-0.2, 0) is 9.59 Å². The first kappa shape index (κ1) is 23.8. The van der Waals surface area contributed by atoms with E-state index in [-0.39, 0.29) is 23.6 Å². The quantitative estimate of drug-likeness (QED) is 0.411.